The predicted molar refractivity (Wildman–Crippen MR) is 78.5 cm³/mol. The summed E-state index contributed by atoms with van der Waals surface area (Å²) in [6.45, 7) is 4.12. The Morgan fingerprint density at radius 1 is 1.35 bits per heavy atom. The van der Waals surface area contributed by atoms with Crippen LogP contribution in [0.2, 0.25) is 0 Å². The number of carbonyl (C=O) groups is 1. The number of carbonyl (C=O) groups excluding carboxylic acids is 1. The van der Waals surface area contributed by atoms with Crippen molar-refractivity contribution in [1.29, 1.82) is 0 Å². The number of benzene rings is 1. The summed E-state index contributed by atoms with van der Waals surface area (Å²) in [5.74, 6) is 0.568. The van der Waals surface area contributed by atoms with Crippen molar-refractivity contribution in [3.8, 4) is 0 Å². The van der Waals surface area contributed by atoms with E-state index in [0.29, 0.717) is 12.0 Å². The Labute approximate surface area is 118 Å². The van der Waals surface area contributed by atoms with Crippen LogP contribution in [0.5, 0.6) is 0 Å². The molecule has 2 atom stereocenters. The third-order valence-corrected chi connectivity index (χ3v) is 3.75. The van der Waals surface area contributed by atoms with E-state index in [1.165, 1.54) is 5.56 Å². The van der Waals surface area contributed by atoms with Crippen molar-refractivity contribution < 1.29 is 4.79 Å². The van der Waals surface area contributed by atoms with Crippen molar-refractivity contribution in [3.63, 3.8) is 0 Å². The maximum absolute atomic E-state index is 12.2. The Kier molecular flexibility index (Phi) is 3.30. The van der Waals surface area contributed by atoms with E-state index in [-0.39, 0.29) is 11.8 Å². The highest BCUT2D eigenvalue weighted by atomic mass is 16.2. The number of rotatable bonds is 4. The molecule has 0 bridgehead atoms. The maximum Gasteiger partial charge on any atom is 0.228 e. The first-order chi connectivity index (χ1) is 9.65. The van der Waals surface area contributed by atoms with Crippen LogP contribution in [-0.2, 0) is 4.79 Å². The molecule has 1 aromatic carbocycles. The molecular weight excluding hydrogens is 250 g/mol. The molecule has 4 nitrogen and oxygen atoms in total. The molecule has 1 saturated carbocycles. The second-order valence-corrected chi connectivity index (χ2v) is 5.65. The quantitative estimate of drug-likeness (QED) is 0.926. The van der Waals surface area contributed by atoms with Crippen LogP contribution in [0.1, 0.15) is 37.8 Å². The molecule has 20 heavy (non-hydrogen) atoms. The van der Waals surface area contributed by atoms with Gasteiger partial charge in [-0.1, -0.05) is 30.3 Å². The highest BCUT2D eigenvalue weighted by molar-refractivity contribution is 5.95. The van der Waals surface area contributed by atoms with Gasteiger partial charge in [-0.2, -0.15) is 5.10 Å². The zero-order valence-electron chi connectivity index (χ0n) is 11.8. The van der Waals surface area contributed by atoms with Crippen LogP contribution < -0.4 is 5.32 Å². The third kappa shape index (κ3) is 2.59. The van der Waals surface area contributed by atoms with E-state index >= 15 is 0 Å². The summed E-state index contributed by atoms with van der Waals surface area (Å²) in [4.78, 5) is 12.2. The summed E-state index contributed by atoms with van der Waals surface area (Å²) in [5, 5.41) is 7.18. The van der Waals surface area contributed by atoms with Crippen LogP contribution in [0.3, 0.4) is 0 Å². The number of amides is 1. The Hall–Kier alpha value is -2.10. The zero-order valence-corrected chi connectivity index (χ0v) is 11.8. The van der Waals surface area contributed by atoms with Crippen LogP contribution >= 0.6 is 0 Å². The predicted octanol–water partition coefficient (Wildman–Crippen LogP) is 3.21. The first-order valence-corrected chi connectivity index (χ1v) is 7.05. The Morgan fingerprint density at radius 3 is 2.75 bits per heavy atom. The monoisotopic (exact) mass is 269 g/mol. The summed E-state index contributed by atoms with van der Waals surface area (Å²) in [7, 11) is 0. The number of anilines is 1. The van der Waals surface area contributed by atoms with E-state index in [1.807, 2.05) is 29.1 Å². The van der Waals surface area contributed by atoms with Gasteiger partial charge in [-0.15, -0.1) is 0 Å². The molecular formula is C16H19N3O. The molecule has 1 aliphatic rings. The normalized spacial score (nSPS) is 20.9. The van der Waals surface area contributed by atoms with Gasteiger partial charge in [0, 0.05) is 18.2 Å². The summed E-state index contributed by atoms with van der Waals surface area (Å²) < 4.78 is 1.84. The average Bonchev–Trinajstić information content (AvgIpc) is 3.12. The molecule has 0 radical (unpaired) electrons. The van der Waals surface area contributed by atoms with E-state index in [1.54, 1.807) is 6.20 Å². The van der Waals surface area contributed by atoms with Crippen molar-refractivity contribution in [3.05, 3.63) is 48.3 Å². The smallest absolute Gasteiger partial charge is 0.228 e. The Morgan fingerprint density at radius 2 is 2.10 bits per heavy atom. The van der Waals surface area contributed by atoms with Gasteiger partial charge in [0.2, 0.25) is 5.91 Å². The molecule has 1 aliphatic carbocycles. The highest BCUT2D eigenvalue weighted by Crippen LogP contribution is 2.47. The molecule has 0 spiro atoms. The molecule has 1 fully saturated rings. The first-order valence-electron chi connectivity index (χ1n) is 7.05. The maximum atomic E-state index is 12.2. The van der Waals surface area contributed by atoms with Gasteiger partial charge in [-0.25, -0.2) is 0 Å². The molecule has 0 saturated heterocycles. The van der Waals surface area contributed by atoms with Gasteiger partial charge >= 0.3 is 0 Å². The number of hydrogen-bond acceptors (Lipinski definition) is 2. The molecule has 1 amide bonds. The fourth-order valence-corrected chi connectivity index (χ4v) is 2.47. The summed E-state index contributed by atoms with van der Waals surface area (Å²) in [5.41, 5.74) is 2.04. The molecule has 3 rings (SSSR count). The molecule has 2 aromatic rings. The molecule has 1 heterocycles. The van der Waals surface area contributed by atoms with Gasteiger partial charge in [0.15, 0.2) is 0 Å². The fraction of sp³-hybridized carbons (Fsp3) is 0.375. The number of nitrogens with zero attached hydrogens (tertiary/aromatic N) is 2. The van der Waals surface area contributed by atoms with Crippen LogP contribution in [0.15, 0.2) is 42.7 Å². The van der Waals surface area contributed by atoms with E-state index in [4.69, 9.17) is 0 Å². The summed E-state index contributed by atoms with van der Waals surface area (Å²) in [6, 6.07) is 10.5. The fourth-order valence-electron chi connectivity index (χ4n) is 2.47. The molecule has 104 valence electrons. The molecule has 1 aromatic heterocycles. The highest BCUT2D eigenvalue weighted by Gasteiger charge is 2.43. The minimum absolute atomic E-state index is 0.0970. The van der Waals surface area contributed by atoms with Gasteiger partial charge in [0.1, 0.15) is 0 Å². The van der Waals surface area contributed by atoms with Gasteiger partial charge in [0.25, 0.3) is 0 Å². The lowest BCUT2D eigenvalue weighted by Crippen LogP contribution is -2.14. The van der Waals surface area contributed by atoms with Gasteiger partial charge in [-0.05, 0) is 31.7 Å². The van der Waals surface area contributed by atoms with Gasteiger partial charge in [-0.3, -0.25) is 9.48 Å². The van der Waals surface area contributed by atoms with Crippen LogP contribution in [0, 0.1) is 5.92 Å². The average molecular weight is 269 g/mol. The largest absolute Gasteiger partial charge is 0.323 e. The van der Waals surface area contributed by atoms with Crippen LogP contribution in [-0.4, -0.2) is 15.7 Å². The summed E-state index contributed by atoms with van der Waals surface area (Å²) in [6.07, 6.45) is 4.52. The summed E-state index contributed by atoms with van der Waals surface area (Å²) >= 11 is 0. The van der Waals surface area contributed by atoms with E-state index in [9.17, 15) is 4.79 Å². The van der Waals surface area contributed by atoms with Crippen molar-refractivity contribution in [1.82, 2.24) is 9.78 Å². The van der Waals surface area contributed by atoms with Crippen molar-refractivity contribution in [2.75, 3.05) is 5.32 Å². The number of hydrogen-bond donors (Lipinski definition) is 1. The zero-order chi connectivity index (χ0) is 14.1. The minimum atomic E-state index is 0.0970. The molecule has 0 unspecified atom stereocenters. The van der Waals surface area contributed by atoms with Gasteiger partial charge in [0.05, 0.1) is 11.9 Å². The van der Waals surface area contributed by atoms with E-state index in [2.05, 4.69) is 36.4 Å². The van der Waals surface area contributed by atoms with Crippen LogP contribution in [0.4, 0.5) is 5.69 Å². The lowest BCUT2D eigenvalue weighted by atomic mass is 10.1. The molecule has 0 aliphatic heterocycles. The van der Waals surface area contributed by atoms with Crippen molar-refractivity contribution in [2.45, 2.75) is 32.2 Å². The third-order valence-electron chi connectivity index (χ3n) is 3.75. The lowest BCUT2D eigenvalue weighted by Gasteiger charge is -2.04. The minimum Gasteiger partial charge on any atom is -0.323 e. The van der Waals surface area contributed by atoms with Crippen molar-refractivity contribution >= 4 is 11.6 Å². The molecule has 1 N–H and O–H groups in total. The Bertz CT molecular complexity index is 603. The first kappa shape index (κ1) is 12.9. The number of nitrogens with one attached hydrogen (secondary N) is 1. The second kappa shape index (κ2) is 5.12. The lowest BCUT2D eigenvalue weighted by molar-refractivity contribution is -0.117. The Balaban J connectivity index is 1.61. The number of aromatic nitrogens is 2. The van der Waals surface area contributed by atoms with Crippen molar-refractivity contribution in [2.24, 2.45) is 5.92 Å². The standard InChI is InChI=1S/C16H19N3O/c1-11(2)19-10-13(9-17-19)18-16(20)15-8-14(15)12-6-4-3-5-7-12/h3-7,9-11,14-15H,8H2,1-2H3,(H,18,20)/t14-,15+/m0/s1. The van der Waals surface area contributed by atoms with Crippen LogP contribution in [0.25, 0.3) is 0 Å². The van der Waals surface area contributed by atoms with E-state index < -0.39 is 0 Å². The van der Waals surface area contributed by atoms with Gasteiger partial charge < -0.3 is 5.32 Å². The topological polar surface area (TPSA) is 46.9 Å². The SMILES string of the molecule is CC(C)n1cc(NC(=O)[C@@H]2C[C@H]2c2ccccc2)cn1. The van der Waals surface area contributed by atoms with E-state index in [0.717, 1.165) is 12.1 Å². The second-order valence-electron chi connectivity index (χ2n) is 5.65. The molecule has 4 heteroatoms.